The summed E-state index contributed by atoms with van der Waals surface area (Å²) in [6.07, 6.45) is 9.23. The number of urea groups is 1. The van der Waals surface area contributed by atoms with Gasteiger partial charge in [-0.25, -0.2) is 4.79 Å². The molecule has 0 aromatic heterocycles. The van der Waals surface area contributed by atoms with Crippen LogP contribution >= 0.6 is 0 Å². The number of hydrogen-bond acceptors (Lipinski definition) is 2. The van der Waals surface area contributed by atoms with Gasteiger partial charge in [-0.3, -0.25) is 0 Å². The summed E-state index contributed by atoms with van der Waals surface area (Å²) in [5.74, 6) is 0. The molecule has 0 aromatic rings. The minimum Gasteiger partial charge on any atom is -0.393 e. The average Bonchev–Trinajstić information content (AvgIpc) is 2.37. The second-order valence-electron chi connectivity index (χ2n) is 5.87. The van der Waals surface area contributed by atoms with E-state index in [0.29, 0.717) is 0 Å². The molecule has 0 spiro atoms. The lowest BCUT2D eigenvalue weighted by atomic mass is 9.93. The molecule has 1 saturated carbocycles. The van der Waals surface area contributed by atoms with Crippen LogP contribution in [0.4, 0.5) is 4.79 Å². The highest BCUT2D eigenvalue weighted by atomic mass is 16.3. The molecule has 3 N–H and O–H groups in total. The van der Waals surface area contributed by atoms with Gasteiger partial charge in [0.15, 0.2) is 0 Å². The lowest BCUT2D eigenvalue weighted by molar-refractivity contribution is 0.117. The summed E-state index contributed by atoms with van der Waals surface area (Å²) in [7, 11) is 0. The first-order valence-electron chi connectivity index (χ1n) is 7.87. The average molecular weight is 270 g/mol. The SMILES string of the molecule is CCCCCCC(C)NC(=O)NC1CCC(O)CC1. The number of hydrogen-bond donors (Lipinski definition) is 3. The monoisotopic (exact) mass is 270 g/mol. The summed E-state index contributed by atoms with van der Waals surface area (Å²) in [4.78, 5) is 11.8. The zero-order chi connectivity index (χ0) is 14.1. The van der Waals surface area contributed by atoms with Gasteiger partial charge in [0.05, 0.1) is 6.10 Å². The van der Waals surface area contributed by atoms with Crippen molar-refractivity contribution in [1.29, 1.82) is 0 Å². The van der Waals surface area contributed by atoms with Gasteiger partial charge in [0.2, 0.25) is 0 Å². The topological polar surface area (TPSA) is 61.4 Å². The van der Waals surface area contributed by atoms with Crippen LogP contribution in [0, 0.1) is 0 Å². The van der Waals surface area contributed by atoms with Crippen LogP contribution in [-0.2, 0) is 0 Å². The second-order valence-corrected chi connectivity index (χ2v) is 5.87. The second kappa shape index (κ2) is 9.18. The zero-order valence-corrected chi connectivity index (χ0v) is 12.5. The Balaban J connectivity index is 2.09. The van der Waals surface area contributed by atoms with Gasteiger partial charge in [0.1, 0.15) is 0 Å². The number of carbonyl (C=O) groups is 1. The Bertz CT molecular complexity index is 251. The van der Waals surface area contributed by atoms with Gasteiger partial charge in [-0.15, -0.1) is 0 Å². The fraction of sp³-hybridized carbons (Fsp3) is 0.933. The van der Waals surface area contributed by atoms with Crippen LogP contribution in [0.15, 0.2) is 0 Å². The zero-order valence-electron chi connectivity index (χ0n) is 12.5. The van der Waals surface area contributed by atoms with E-state index in [1.54, 1.807) is 0 Å². The maximum absolute atomic E-state index is 11.8. The summed E-state index contributed by atoms with van der Waals surface area (Å²) >= 11 is 0. The van der Waals surface area contributed by atoms with Crippen LogP contribution in [-0.4, -0.2) is 29.3 Å². The van der Waals surface area contributed by atoms with E-state index in [4.69, 9.17) is 0 Å². The summed E-state index contributed by atoms with van der Waals surface area (Å²) in [6, 6.07) is 0.422. The molecule has 1 aliphatic carbocycles. The molecule has 4 heteroatoms. The quantitative estimate of drug-likeness (QED) is 0.623. The standard InChI is InChI=1S/C15H30N2O2/c1-3-4-5-6-7-12(2)16-15(19)17-13-8-10-14(18)11-9-13/h12-14,18H,3-11H2,1-2H3,(H2,16,17,19). The van der Waals surface area contributed by atoms with Crippen LogP contribution in [0.5, 0.6) is 0 Å². The van der Waals surface area contributed by atoms with Gasteiger partial charge in [0, 0.05) is 12.1 Å². The van der Waals surface area contributed by atoms with Crippen LogP contribution in [0.1, 0.15) is 71.6 Å². The fourth-order valence-electron chi connectivity index (χ4n) is 2.62. The Morgan fingerprint density at radius 3 is 2.53 bits per heavy atom. The third-order valence-electron chi connectivity index (χ3n) is 3.90. The number of nitrogens with one attached hydrogen (secondary N) is 2. The number of aliphatic hydroxyl groups excluding tert-OH is 1. The van der Waals surface area contributed by atoms with Crippen LogP contribution < -0.4 is 10.6 Å². The summed E-state index contributed by atoms with van der Waals surface area (Å²) in [5, 5.41) is 15.4. The molecule has 0 radical (unpaired) electrons. The molecular formula is C15H30N2O2. The maximum Gasteiger partial charge on any atom is 0.315 e. The predicted octanol–water partition coefficient (Wildman–Crippen LogP) is 2.95. The van der Waals surface area contributed by atoms with Gasteiger partial charge in [-0.2, -0.15) is 0 Å². The molecular weight excluding hydrogens is 240 g/mol. The van der Waals surface area contributed by atoms with Crippen LogP contribution in [0.2, 0.25) is 0 Å². The molecule has 112 valence electrons. The van der Waals surface area contributed by atoms with Gasteiger partial charge in [-0.05, 0) is 39.0 Å². The summed E-state index contributed by atoms with van der Waals surface area (Å²) in [5.41, 5.74) is 0. The minimum atomic E-state index is -0.168. The van der Waals surface area contributed by atoms with Crippen molar-refractivity contribution in [1.82, 2.24) is 10.6 Å². The van der Waals surface area contributed by atoms with E-state index < -0.39 is 0 Å². The Kier molecular flexibility index (Phi) is 7.87. The smallest absolute Gasteiger partial charge is 0.315 e. The van der Waals surface area contributed by atoms with Crippen molar-refractivity contribution >= 4 is 6.03 Å². The van der Waals surface area contributed by atoms with Gasteiger partial charge < -0.3 is 15.7 Å². The lowest BCUT2D eigenvalue weighted by Gasteiger charge is -2.27. The van der Waals surface area contributed by atoms with Crippen LogP contribution in [0.3, 0.4) is 0 Å². The first-order valence-corrected chi connectivity index (χ1v) is 7.87. The van der Waals surface area contributed by atoms with E-state index >= 15 is 0 Å². The van der Waals surface area contributed by atoms with E-state index in [9.17, 15) is 9.90 Å². The van der Waals surface area contributed by atoms with E-state index in [1.165, 1.54) is 25.7 Å². The Hall–Kier alpha value is -0.770. The van der Waals surface area contributed by atoms with Crippen molar-refractivity contribution in [2.75, 3.05) is 0 Å². The Morgan fingerprint density at radius 2 is 1.89 bits per heavy atom. The summed E-state index contributed by atoms with van der Waals surface area (Å²) < 4.78 is 0. The third-order valence-corrected chi connectivity index (χ3v) is 3.90. The molecule has 1 rings (SSSR count). The van der Waals surface area contributed by atoms with Crippen molar-refractivity contribution in [3.05, 3.63) is 0 Å². The van der Waals surface area contributed by atoms with E-state index in [-0.39, 0.29) is 24.2 Å². The predicted molar refractivity (Wildman–Crippen MR) is 78.2 cm³/mol. The Morgan fingerprint density at radius 1 is 1.21 bits per heavy atom. The number of rotatable bonds is 7. The molecule has 0 aliphatic heterocycles. The largest absolute Gasteiger partial charge is 0.393 e. The fourth-order valence-corrected chi connectivity index (χ4v) is 2.62. The molecule has 1 fully saturated rings. The molecule has 0 saturated heterocycles. The van der Waals surface area contributed by atoms with E-state index in [2.05, 4.69) is 24.5 Å². The lowest BCUT2D eigenvalue weighted by Crippen LogP contribution is -2.46. The molecule has 4 nitrogen and oxygen atoms in total. The molecule has 2 amide bonds. The molecule has 1 atom stereocenters. The molecule has 0 aromatic carbocycles. The van der Waals surface area contributed by atoms with Crippen molar-refractivity contribution in [2.24, 2.45) is 0 Å². The Labute approximate surface area is 117 Å². The normalized spacial score (nSPS) is 24.8. The maximum atomic E-state index is 11.8. The minimum absolute atomic E-state index is 0.0515. The highest BCUT2D eigenvalue weighted by Gasteiger charge is 2.21. The van der Waals surface area contributed by atoms with Crippen molar-refractivity contribution in [3.8, 4) is 0 Å². The number of aliphatic hydroxyl groups is 1. The van der Waals surface area contributed by atoms with Crippen molar-refractivity contribution in [3.63, 3.8) is 0 Å². The molecule has 0 bridgehead atoms. The molecule has 1 unspecified atom stereocenters. The van der Waals surface area contributed by atoms with E-state index in [1.807, 2.05) is 0 Å². The number of unbranched alkanes of at least 4 members (excludes halogenated alkanes) is 3. The van der Waals surface area contributed by atoms with Gasteiger partial charge in [-0.1, -0.05) is 32.6 Å². The third kappa shape index (κ3) is 7.41. The first-order chi connectivity index (χ1) is 9.11. The number of amides is 2. The van der Waals surface area contributed by atoms with Crippen LogP contribution in [0.25, 0.3) is 0 Å². The summed E-state index contributed by atoms with van der Waals surface area (Å²) in [6.45, 7) is 4.27. The van der Waals surface area contributed by atoms with Gasteiger partial charge >= 0.3 is 6.03 Å². The molecule has 0 heterocycles. The molecule has 1 aliphatic rings. The molecule has 19 heavy (non-hydrogen) atoms. The van der Waals surface area contributed by atoms with E-state index in [0.717, 1.165) is 32.1 Å². The van der Waals surface area contributed by atoms with Crippen molar-refractivity contribution in [2.45, 2.75) is 89.8 Å². The van der Waals surface area contributed by atoms with Crippen molar-refractivity contribution < 1.29 is 9.90 Å². The number of carbonyl (C=O) groups excluding carboxylic acids is 1. The highest BCUT2D eigenvalue weighted by molar-refractivity contribution is 5.74. The van der Waals surface area contributed by atoms with Gasteiger partial charge in [0.25, 0.3) is 0 Å². The first kappa shape index (κ1) is 16.3. The highest BCUT2D eigenvalue weighted by Crippen LogP contribution is 2.18.